The van der Waals surface area contributed by atoms with E-state index in [0.717, 1.165) is 23.7 Å². The predicted octanol–water partition coefficient (Wildman–Crippen LogP) is 4.05. The number of benzene rings is 2. The Morgan fingerprint density at radius 3 is 2.40 bits per heavy atom. The van der Waals surface area contributed by atoms with Crippen molar-refractivity contribution in [3.63, 3.8) is 0 Å². The summed E-state index contributed by atoms with van der Waals surface area (Å²) in [6.45, 7) is 4.34. The lowest BCUT2D eigenvalue weighted by atomic mass is 10.1. The zero-order valence-corrected chi connectivity index (χ0v) is 12.0. The third kappa shape index (κ3) is 4.94. The molecule has 0 aliphatic heterocycles. The number of nitrogens with one attached hydrogen (secondary N) is 1. The molecule has 2 aromatic carbocycles. The zero-order chi connectivity index (χ0) is 14.4. The van der Waals surface area contributed by atoms with Gasteiger partial charge in [0.2, 0.25) is 0 Å². The molecule has 106 valence electrons. The summed E-state index contributed by atoms with van der Waals surface area (Å²) in [5, 5.41) is 13.0. The van der Waals surface area contributed by atoms with Gasteiger partial charge in [0.1, 0.15) is 11.5 Å². The molecule has 0 fully saturated rings. The van der Waals surface area contributed by atoms with Crippen molar-refractivity contribution in [2.24, 2.45) is 0 Å². The van der Waals surface area contributed by atoms with Gasteiger partial charge in [-0.25, -0.2) is 0 Å². The van der Waals surface area contributed by atoms with E-state index in [1.54, 1.807) is 0 Å². The van der Waals surface area contributed by atoms with Crippen LogP contribution < -0.4 is 10.1 Å². The summed E-state index contributed by atoms with van der Waals surface area (Å²) < 4.78 is 5.78. The molecule has 0 saturated heterocycles. The fourth-order valence-electron chi connectivity index (χ4n) is 1.81. The highest BCUT2D eigenvalue weighted by Gasteiger charge is 2.11. The first-order valence-electron chi connectivity index (χ1n) is 6.82. The van der Waals surface area contributed by atoms with E-state index in [-0.39, 0.29) is 0 Å². The van der Waals surface area contributed by atoms with Gasteiger partial charge in [0, 0.05) is 18.3 Å². The minimum Gasteiger partial charge on any atom is -0.457 e. The maximum Gasteiger partial charge on any atom is 0.129 e. The molecular weight excluding hydrogens is 250 g/mol. The molecule has 0 radical (unpaired) electrons. The second kappa shape index (κ2) is 6.44. The Labute approximate surface area is 120 Å². The first kappa shape index (κ1) is 14.4. The van der Waals surface area contributed by atoms with Crippen LogP contribution >= 0.6 is 0 Å². The molecule has 0 saturated carbocycles. The number of anilines is 1. The highest BCUT2D eigenvalue weighted by atomic mass is 16.5. The molecule has 2 aromatic rings. The van der Waals surface area contributed by atoms with Crippen LogP contribution in [0.3, 0.4) is 0 Å². The van der Waals surface area contributed by atoms with Gasteiger partial charge >= 0.3 is 0 Å². The van der Waals surface area contributed by atoms with Crippen LogP contribution in [0.4, 0.5) is 5.69 Å². The van der Waals surface area contributed by atoms with E-state index >= 15 is 0 Å². The largest absolute Gasteiger partial charge is 0.457 e. The fraction of sp³-hybridized carbons (Fsp3) is 0.294. The van der Waals surface area contributed by atoms with Gasteiger partial charge in [-0.05, 0) is 44.5 Å². The molecule has 0 aromatic heterocycles. The Balaban J connectivity index is 1.94. The molecule has 0 aliphatic carbocycles. The number of hydrogen-bond acceptors (Lipinski definition) is 3. The minimum absolute atomic E-state index is 0.648. The third-order valence-electron chi connectivity index (χ3n) is 2.88. The van der Waals surface area contributed by atoms with Crippen molar-refractivity contribution in [2.75, 3.05) is 11.9 Å². The van der Waals surface area contributed by atoms with Gasteiger partial charge in [0.05, 0.1) is 5.60 Å². The zero-order valence-electron chi connectivity index (χ0n) is 12.0. The average Bonchev–Trinajstić information content (AvgIpc) is 2.39. The van der Waals surface area contributed by atoms with Crippen molar-refractivity contribution in [3.05, 3.63) is 54.6 Å². The summed E-state index contributed by atoms with van der Waals surface area (Å²) in [5.74, 6) is 1.62. The second-order valence-corrected chi connectivity index (χ2v) is 5.43. The van der Waals surface area contributed by atoms with E-state index in [9.17, 15) is 5.11 Å². The molecule has 20 heavy (non-hydrogen) atoms. The normalized spacial score (nSPS) is 11.2. The second-order valence-electron chi connectivity index (χ2n) is 5.43. The number of aliphatic hydroxyl groups is 1. The monoisotopic (exact) mass is 271 g/mol. The third-order valence-corrected chi connectivity index (χ3v) is 2.88. The van der Waals surface area contributed by atoms with Gasteiger partial charge in [-0.3, -0.25) is 0 Å². The minimum atomic E-state index is -0.648. The lowest BCUT2D eigenvalue weighted by Gasteiger charge is -2.17. The van der Waals surface area contributed by atoms with Crippen molar-refractivity contribution in [1.82, 2.24) is 0 Å². The molecule has 0 unspecified atom stereocenters. The topological polar surface area (TPSA) is 41.5 Å². The summed E-state index contributed by atoms with van der Waals surface area (Å²) in [6, 6.07) is 17.5. The average molecular weight is 271 g/mol. The van der Waals surface area contributed by atoms with Crippen LogP contribution in [0.25, 0.3) is 0 Å². The van der Waals surface area contributed by atoms with Crippen LogP contribution in [-0.4, -0.2) is 17.3 Å². The van der Waals surface area contributed by atoms with E-state index in [0.29, 0.717) is 6.42 Å². The van der Waals surface area contributed by atoms with E-state index < -0.39 is 5.60 Å². The molecule has 0 amide bonds. The van der Waals surface area contributed by atoms with Gasteiger partial charge < -0.3 is 15.2 Å². The molecule has 2 N–H and O–H groups in total. The predicted molar refractivity (Wildman–Crippen MR) is 82.4 cm³/mol. The first-order valence-corrected chi connectivity index (χ1v) is 6.82. The molecular formula is C17H21NO2. The van der Waals surface area contributed by atoms with Crippen molar-refractivity contribution in [3.8, 4) is 11.5 Å². The van der Waals surface area contributed by atoms with Crippen LogP contribution in [0.5, 0.6) is 11.5 Å². The number of rotatable bonds is 6. The number of para-hydroxylation sites is 1. The maximum absolute atomic E-state index is 9.68. The summed E-state index contributed by atoms with van der Waals surface area (Å²) in [5.41, 5.74) is 0.341. The molecule has 0 spiro atoms. The Kier molecular flexibility index (Phi) is 4.64. The van der Waals surface area contributed by atoms with Crippen LogP contribution in [0, 0.1) is 0 Å². The lowest BCUT2D eigenvalue weighted by molar-refractivity contribution is 0.0749. The van der Waals surface area contributed by atoms with Gasteiger partial charge in [-0.1, -0.05) is 24.3 Å². The molecule has 0 atom stereocenters. The highest BCUT2D eigenvalue weighted by Crippen LogP contribution is 2.23. The Morgan fingerprint density at radius 2 is 1.70 bits per heavy atom. The van der Waals surface area contributed by atoms with Gasteiger partial charge in [-0.15, -0.1) is 0 Å². The fourth-order valence-corrected chi connectivity index (χ4v) is 1.81. The van der Waals surface area contributed by atoms with Crippen molar-refractivity contribution < 1.29 is 9.84 Å². The van der Waals surface area contributed by atoms with Crippen LogP contribution in [0.15, 0.2) is 54.6 Å². The number of ether oxygens (including phenoxy) is 1. The smallest absolute Gasteiger partial charge is 0.129 e. The van der Waals surface area contributed by atoms with Crippen molar-refractivity contribution in [2.45, 2.75) is 25.9 Å². The molecule has 3 nitrogen and oxygen atoms in total. The first-order chi connectivity index (χ1) is 9.53. The summed E-state index contributed by atoms with van der Waals surface area (Å²) >= 11 is 0. The Morgan fingerprint density at radius 1 is 1.00 bits per heavy atom. The highest BCUT2D eigenvalue weighted by molar-refractivity contribution is 5.49. The summed E-state index contributed by atoms with van der Waals surface area (Å²) in [7, 11) is 0. The van der Waals surface area contributed by atoms with E-state index in [1.807, 2.05) is 68.4 Å². The van der Waals surface area contributed by atoms with E-state index in [1.165, 1.54) is 0 Å². The molecule has 0 heterocycles. The quantitative estimate of drug-likeness (QED) is 0.832. The van der Waals surface area contributed by atoms with E-state index in [2.05, 4.69) is 5.32 Å². The van der Waals surface area contributed by atoms with Crippen molar-refractivity contribution in [1.29, 1.82) is 0 Å². The molecule has 3 heteroatoms. The van der Waals surface area contributed by atoms with Gasteiger partial charge in [0.15, 0.2) is 0 Å². The van der Waals surface area contributed by atoms with Gasteiger partial charge in [0.25, 0.3) is 0 Å². The molecule has 0 aliphatic rings. The van der Waals surface area contributed by atoms with Crippen molar-refractivity contribution >= 4 is 5.69 Å². The molecule has 0 bridgehead atoms. The van der Waals surface area contributed by atoms with E-state index in [4.69, 9.17) is 4.74 Å². The Hall–Kier alpha value is -2.00. The Bertz CT molecular complexity index is 532. The summed E-state index contributed by atoms with van der Waals surface area (Å²) in [6.07, 6.45) is 0.691. The lowest BCUT2D eigenvalue weighted by Crippen LogP contribution is -2.22. The SMILES string of the molecule is CC(C)(O)CCNc1cccc(Oc2ccccc2)c1. The summed E-state index contributed by atoms with van der Waals surface area (Å²) in [4.78, 5) is 0. The standard InChI is InChI=1S/C17H21NO2/c1-17(2,19)11-12-18-14-7-6-10-16(13-14)20-15-8-4-3-5-9-15/h3-10,13,18-19H,11-12H2,1-2H3. The van der Waals surface area contributed by atoms with Gasteiger partial charge in [-0.2, -0.15) is 0 Å². The number of hydrogen-bond donors (Lipinski definition) is 2. The van der Waals surface area contributed by atoms with Crippen LogP contribution in [0.1, 0.15) is 20.3 Å². The van der Waals surface area contributed by atoms with Crippen LogP contribution in [0.2, 0.25) is 0 Å². The molecule has 2 rings (SSSR count). The van der Waals surface area contributed by atoms with Crippen LogP contribution in [-0.2, 0) is 0 Å². The maximum atomic E-state index is 9.68.